The van der Waals surface area contributed by atoms with Crippen molar-refractivity contribution in [3.8, 4) is 0 Å². The van der Waals surface area contributed by atoms with Gasteiger partial charge in [-0.3, -0.25) is 9.58 Å². The molecule has 108 valence electrons. The van der Waals surface area contributed by atoms with E-state index in [2.05, 4.69) is 30.0 Å². The zero-order valence-electron chi connectivity index (χ0n) is 12.7. The van der Waals surface area contributed by atoms with Gasteiger partial charge in [0.25, 0.3) is 0 Å². The predicted octanol–water partition coefficient (Wildman–Crippen LogP) is 2.08. The maximum Gasteiger partial charge on any atom is 0.0625 e. The maximum atomic E-state index is 6.10. The van der Waals surface area contributed by atoms with Crippen molar-refractivity contribution in [1.29, 1.82) is 0 Å². The van der Waals surface area contributed by atoms with Gasteiger partial charge >= 0.3 is 0 Å². The summed E-state index contributed by atoms with van der Waals surface area (Å²) in [5.41, 5.74) is 8.77. The summed E-state index contributed by atoms with van der Waals surface area (Å²) in [6, 6.07) is 2.23. The number of nitrogens with zero attached hydrogens (tertiary/aromatic N) is 3. The Labute approximate surface area is 117 Å². The minimum Gasteiger partial charge on any atom is -0.329 e. The summed E-state index contributed by atoms with van der Waals surface area (Å²) in [4.78, 5) is 2.46. The van der Waals surface area contributed by atoms with E-state index in [-0.39, 0.29) is 5.54 Å². The van der Waals surface area contributed by atoms with Crippen LogP contribution in [0.25, 0.3) is 0 Å². The van der Waals surface area contributed by atoms with Crippen molar-refractivity contribution in [2.24, 2.45) is 12.8 Å². The first-order chi connectivity index (χ1) is 9.11. The van der Waals surface area contributed by atoms with E-state index in [1.165, 1.54) is 43.5 Å². The zero-order chi connectivity index (χ0) is 13.9. The van der Waals surface area contributed by atoms with Crippen molar-refractivity contribution in [1.82, 2.24) is 14.7 Å². The summed E-state index contributed by atoms with van der Waals surface area (Å²) in [5, 5.41) is 4.53. The molecule has 0 radical (unpaired) electrons. The van der Waals surface area contributed by atoms with Crippen LogP contribution < -0.4 is 5.73 Å². The lowest BCUT2D eigenvalue weighted by atomic mass is 9.80. The number of hydrogen-bond acceptors (Lipinski definition) is 3. The van der Waals surface area contributed by atoms with Crippen molar-refractivity contribution < 1.29 is 0 Å². The molecule has 0 aromatic carbocycles. The summed E-state index contributed by atoms with van der Waals surface area (Å²) >= 11 is 0. The van der Waals surface area contributed by atoms with Gasteiger partial charge in [0, 0.05) is 25.7 Å². The molecule has 1 fully saturated rings. The molecule has 1 aromatic heterocycles. The van der Waals surface area contributed by atoms with E-state index < -0.39 is 0 Å². The lowest BCUT2D eigenvalue weighted by Gasteiger charge is -2.44. The van der Waals surface area contributed by atoms with E-state index in [4.69, 9.17) is 5.73 Å². The standard InChI is InChI=1S/C15H28N4/c1-4-13-10-14(19(3)17-13)11-18(2)15(12-16)8-6-5-7-9-15/h10H,4-9,11-12,16H2,1-3H3. The van der Waals surface area contributed by atoms with E-state index in [0.717, 1.165) is 19.5 Å². The molecule has 2 N–H and O–H groups in total. The molecule has 1 aliphatic carbocycles. The molecule has 4 nitrogen and oxygen atoms in total. The third-order valence-electron chi connectivity index (χ3n) is 4.76. The summed E-state index contributed by atoms with van der Waals surface area (Å²) in [5.74, 6) is 0. The highest BCUT2D eigenvalue weighted by atomic mass is 15.3. The summed E-state index contributed by atoms with van der Waals surface area (Å²) in [6.07, 6.45) is 7.46. The first-order valence-electron chi connectivity index (χ1n) is 7.54. The highest BCUT2D eigenvalue weighted by Crippen LogP contribution is 2.32. The topological polar surface area (TPSA) is 47.1 Å². The molecule has 1 aromatic rings. The Balaban J connectivity index is 2.09. The number of rotatable bonds is 5. The Morgan fingerprint density at radius 3 is 2.58 bits per heavy atom. The van der Waals surface area contributed by atoms with Crippen molar-refractivity contribution in [2.45, 2.75) is 57.5 Å². The predicted molar refractivity (Wildman–Crippen MR) is 78.9 cm³/mol. The average Bonchev–Trinajstić information content (AvgIpc) is 2.80. The number of nitrogens with two attached hydrogens (primary N) is 1. The monoisotopic (exact) mass is 264 g/mol. The van der Waals surface area contributed by atoms with E-state index >= 15 is 0 Å². The Hall–Kier alpha value is -0.870. The van der Waals surface area contributed by atoms with Crippen LogP contribution in [0.4, 0.5) is 0 Å². The van der Waals surface area contributed by atoms with Crippen molar-refractivity contribution in [2.75, 3.05) is 13.6 Å². The molecule has 0 unspecified atom stereocenters. The smallest absolute Gasteiger partial charge is 0.0625 e. The van der Waals surface area contributed by atoms with Crippen LogP contribution in [0, 0.1) is 0 Å². The first kappa shape index (κ1) is 14.5. The quantitative estimate of drug-likeness (QED) is 0.885. The van der Waals surface area contributed by atoms with Gasteiger partial charge in [-0.15, -0.1) is 0 Å². The van der Waals surface area contributed by atoms with E-state index in [1.807, 2.05) is 11.7 Å². The van der Waals surface area contributed by atoms with Gasteiger partial charge in [0.05, 0.1) is 11.4 Å². The van der Waals surface area contributed by atoms with Crippen LogP contribution in [-0.2, 0) is 20.0 Å². The van der Waals surface area contributed by atoms with Crippen LogP contribution in [0.3, 0.4) is 0 Å². The van der Waals surface area contributed by atoms with E-state index in [0.29, 0.717) is 0 Å². The number of likely N-dealkylation sites (N-methyl/N-ethyl adjacent to an activating group) is 1. The Kier molecular flexibility index (Phi) is 4.63. The molecule has 0 saturated heterocycles. The number of hydrogen-bond donors (Lipinski definition) is 1. The molecule has 4 heteroatoms. The van der Waals surface area contributed by atoms with Gasteiger partial charge in [-0.25, -0.2) is 0 Å². The van der Waals surface area contributed by atoms with Crippen LogP contribution in [-0.4, -0.2) is 33.8 Å². The molecular weight excluding hydrogens is 236 g/mol. The van der Waals surface area contributed by atoms with Crippen molar-refractivity contribution in [3.63, 3.8) is 0 Å². The summed E-state index contributed by atoms with van der Waals surface area (Å²) in [6.45, 7) is 3.86. The van der Waals surface area contributed by atoms with Crippen LogP contribution >= 0.6 is 0 Å². The lowest BCUT2D eigenvalue weighted by Crippen LogP contribution is -2.53. The molecule has 1 saturated carbocycles. The number of aryl methyl sites for hydroxylation is 2. The van der Waals surface area contributed by atoms with Crippen molar-refractivity contribution >= 4 is 0 Å². The Morgan fingerprint density at radius 1 is 1.37 bits per heavy atom. The Bertz CT molecular complexity index is 404. The zero-order valence-corrected chi connectivity index (χ0v) is 12.7. The van der Waals surface area contributed by atoms with Crippen LogP contribution in [0.2, 0.25) is 0 Å². The van der Waals surface area contributed by atoms with Gasteiger partial charge in [0.2, 0.25) is 0 Å². The molecule has 1 heterocycles. The largest absolute Gasteiger partial charge is 0.329 e. The highest BCUT2D eigenvalue weighted by Gasteiger charge is 2.34. The van der Waals surface area contributed by atoms with Gasteiger partial charge in [0.1, 0.15) is 0 Å². The Morgan fingerprint density at radius 2 is 2.05 bits per heavy atom. The fourth-order valence-electron chi connectivity index (χ4n) is 3.25. The summed E-state index contributed by atoms with van der Waals surface area (Å²) in [7, 11) is 4.26. The second kappa shape index (κ2) is 6.06. The molecule has 2 rings (SSSR count). The van der Waals surface area contributed by atoms with E-state index in [1.54, 1.807) is 0 Å². The molecular formula is C15H28N4. The van der Waals surface area contributed by atoms with Gasteiger partial charge in [-0.1, -0.05) is 26.2 Å². The third-order valence-corrected chi connectivity index (χ3v) is 4.76. The molecule has 0 aliphatic heterocycles. The molecule has 0 atom stereocenters. The van der Waals surface area contributed by atoms with Crippen LogP contribution in [0.1, 0.15) is 50.4 Å². The first-order valence-corrected chi connectivity index (χ1v) is 7.54. The minimum absolute atomic E-state index is 0.203. The molecule has 0 bridgehead atoms. The molecule has 1 aliphatic rings. The van der Waals surface area contributed by atoms with Gasteiger partial charge in [-0.05, 0) is 32.4 Å². The molecule has 0 spiro atoms. The van der Waals surface area contributed by atoms with Gasteiger partial charge in [0.15, 0.2) is 0 Å². The van der Waals surface area contributed by atoms with Gasteiger partial charge < -0.3 is 5.73 Å². The average molecular weight is 264 g/mol. The molecule has 19 heavy (non-hydrogen) atoms. The fourth-order valence-corrected chi connectivity index (χ4v) is 3.25. The third kappa shape index (κ3) is 3.00. The van der Waals surface area contributed by atoms with Crippen LogP contribution in [0.5, 0.6) is 0 Å². The lowest BCUT2D eigenvalue weighted by molar-refractivity contribution is 0.0737. The maximum absolute atomic E-state index is 6.10. The normalized spacial score (nSPS) is 19.0. The second-order valence-corrected chi connectivity index (χ2v) is 5.95. The second-order valence-electron chi connectivity index (χ2n) is 5.95. The highest BCUT2D eigenvalue weighted by molar-refractivity contribution is 5.11. The van der Waals surface area contributed by atoms with Crippen LogP contribution in [0.15, 0.2) is 6.07 Å². The number of aromatic nitrogens is 2. The SMILES string of the molecule is CCc1cc(CN(C)C2(CN)CCCCC2)n(C)n1. The van der Waals surface area contributed by atoms with E-state index in [9.17, 15) is 0 Å². The molecule has 0 amide bonds. The minimum atomic E-state index is 0.203. The fraction of sp³-hybridized carbons (Fsp3) is 0.800. The van der Waals surface area contributed by atoms with Crippen molar-refractivity contribution in [3.05, 3.63) is 17.5 Å². The summed E-state index contributed by atoms with van der Waals surface area (Å²) < 4.78 is 2.02. The van der Waals surface area contributed by atoms with Gasteiger partial charge in [-0.2, -0.15) is 5.10 Å².